The number of amides is 1. The first kappa shape index (κ1) is 19.6. The summed E-state index contributed by atoms with van der Waals surface area (Å²) in [7, 11) is -4.83. The third kappa shape index (κ3) is 7.56. The SMILES string of the molecule is NCCCCCCNC(=O)C(F)c1ccccc1OP(=O)(O)O. The number of nitrogens with two attached hydrogens (primary N) is 1. The van der Waals surface area contributed by atoms with Crippen LogP contribution in [0.5, 0.6) is 5.75 Å². The maximum atomic E-state index is 14.2. The molecular formula is C14H22FN2O5P. The van der Waals surface area contributed by atoms with Crippen molar-refractivity contribution >= 4 is 13.7 Å². The van der Waals surface area contributed by atoms with Crippen molar-refractivity contribution in [2.75, 3.05) is 13.1 Å². The molecule has 1 amide bonds. The Morgan fingerprint density at radius 2 is 1.91 bits per heavy atom. The van der Waals surface area contributed by atoms with E-state index in [9.17, 15) is 13.8 Å². The number of alkyl halides is 1. The van der Waals surface area contributed by atoms with Gasteiger partial charge in [0.05, 0.1) is 0 Å². The van der Waals surface area contributed by atoms with Gasteiger partial charge in [-0.05, 0) is 25.5 Å². The van der Waals surface area contributed by atoms with E-state index in [0.29, 0.717) is 19.5 Å². The van der Waals surface area contributed by atoms with Crippen molar-refractivity contribution in [3.8, 4) is 5.75 Å². The number of nitrogens with one attached hydrogen (secondary N) is 1. The van der Waals surface area contributed by atoms with Gasteiger partial charge in [0.2, 0.25) is 6.17 Å². The summed E-state index contributed by atoms with van der Waals surface area (Å²) >= 11 is 0. The van der Waals surface area contributed by atoms with Crippen LogP contribution >= 0.6 is 7.82 Å². The molecule has 5 N–H and O–H groups in total. The predicted octanol–water partition coefficient (Wildman–Crippen LogP) is 1.80. The number of hydrogen-bond acceptors (Lipinski definition) is 4. The van der Waals surface area contributed by atoms with Gasteiger partial charge in [0.1, 0.15) is 5.75 Å². The van der Waals surface area contributed by atoms with Crippen LogP contribution in [0.3, 0.4) is 0 Å². The van der Waals surface area contributed by atoms with E-state index >= 15 is 0 Å². The first-order chi connectivity index (χ1) is 10.8. The summed E-state index contributed by atoms with van der Waals surface area (Å²) in [6, 6.07) is 5.32. The zero-order valence-electron chi connectivity index (χ0n) is 12.7. The summed E-state index contributed by atoms with van der Waals surface area (Å²) in [5, 5.41) is 2.45. The summed E-state index contributed by atoms with van der Waals surface area (Å²) in [4.78, 5) is 29.4. The van der Waals surface area contributed by atoms with Gasteiger partial charge in [-0.2, -0.15) is 0 Å². The molecule has 0 saturated heterocycles. The van der Waals surface area contributed by atoms with E-state index < -0.39 is 19.9 Å². The molecule has 1 unspecified atom stereocenters. The number of para-hydroxylation sites is 1. The number of unbranched alkanes of at least 4 members (excludes halogenated alkanes) is 3. The molecule has 23 heavy (non-hydrogen) atoms. The fraction of sp³-hybridized carbons (Fsp3) is 0.500. The van der Waals surface area contributed by atoms with E-state index in [1.54, 1.807) is 0 Å². The number of carbonyl (C=O) groups excluding carboxylic acids is 1. The first-order valence-electron chi connectivity index (χ1n) is 7.31. The van der Waals surface area contributed by atoms with Crippen molar-refractivity contribution < 1.29 is 28.1 Å². The summed E-state index contributed by atoms with van der Waals surface area (Å²) in [5.74, 6) is -1.22. The molecule has 0 bridgehead atoms. The van der Waals surface area contributed by atoms with Crippen molar-refractivity contribution in [1.82, 2.24) is 5.32 Å². The second-order valence-electron chi connectivity index (χ2n) is 4.98. The van der Waals surface area contributed by atoms with Crippen LogP contribution < -0.4 is 15.6 Å². The number of rotatable bonds is 10. The lowest BCUT2D eigenvalue weighted by Crippen LogP contribution is -2.28. The van der Waals surface area contributed by atoms with Crippen LogP contribution in [0.15, 0.2) is 24.3 Å². The molecule has 1 aromatic rings. The maximum absolute atomic E-state index is 14.2. The predicted molar refractivity (Wildman–Crippen MR) is 83.5 cm³/mol. The lowest BCUT2D eigenvalue weighted by atomic mass is 10.1. The summed E-state index contributed by atoms with van der Waals surface area (Å²) < 4.78 is 29.5. The molecule has 1 aromatic carbocycles. The number of halogens is 1. The fourth-order valence-corrected chi connectivity index (χ4v) is 2.39. The highest BCUT2D eigenvalue weighted by Crippen LogP contribution is 2.41. The molecule has 1 atom stereocenters. The molecule has 0 heterocycles. The molecule has 9 heteroatoms. The van der Waals surface area contributed by atoms with E-state index in [1.165, 1.54) is 24.3 Å². The monoisotopic (exact) mass is 348 g/mol. The molecule has 0 saturated carbocycles. The van der Waals surface area contributed by atoms with E-state index in [2.05, 4.69) is 9.84 Å². The average Bonchev–Trinajstić information content (AvgIpc) is 2.49. The van der Waals surface area contributed by atoms with Crippen LogP contribution in [0, 0.1) is 0 Å². The smallest absolute Gasteiger partial charge is 0.404 e. The van der Waals surface area contributed by atoms with E-state index in [4.69, 9.17) is 15.5 Å². The van der Waals surface area contributed by atoms with Gasteiger partial charge in [-0.1, -0.05) is 31.0 Å². The molecule has 0 spiro atoms. The minimum Gasteiger partial charge on any atom is -0.404 e. The molecule has 7 nitrogen and oxygen atoms in total. The normalized spacial score (nSPS) is 12.7. The lowest BCUT2D eigenvalue weighted by Gasteiger charge is -2.14. The second kappa shape index (κ2) is 9.62. The quantitative estimate of drug-likeness (QED) is 0.378. The fourth-order valence-electron chi connectivity index (χ4n) is 1.97. The van der Waals surface area contributed by atoms with Gasteiger partial charge >= 0.3 is 7.82 Å². The van der Waals surface area contributed by atoms with Crippen molar-refractivity contribution in [3.05, 3.63) is 29.8 Å². The zero-order valence-corrected chi connectivity index (χ0v) is 13.5. The molecule has 0 aliphatic heterocycles. The second-order valence-corrected chi connectivity index (χ2v) is 6.14. The van der Waals surface area contributed by atoms with E-state index in [-0.39, 0.29) is 11.3 Å². The molecule has 130 valence electrons. The Hall–Kier alpha value is -1.47. The minimum atomic E-state index is -4.83. The van der Waals surface area contributed by atoms with E-state index in [1.807, 2.05) is 0 Å². The maximum Gasteiger partial charge on any atom is 0.524 e. The van der Waals surface area contributed by atoms with Crippen LogP contribution in [-0.2, 0) is 9.36 Å². The highest BCUT2D eigenvalue weighted by atomic mass is 31.2. The number of benzene rings is 1. The highest BCUT2D eigenvalue weighted by Gasteiger charge is 2.26. The first-order valence-corrected chi connectivity index (χ1v) is 8.84. The van der Waals surface area contributed by atoms with Crippen molar-refractivity contribution in [2.45, 2.75) is 31.9 Å². The van der Waals surface area contributed by atoms with Crippen molar-refractivity contribution in [3.63, 3.8) is 0 Å². The van der Waals surface area contributed by atoms with Gasteiger partial charge < -0.3 is 15.6 Å². The van der Waals surface area contributed by atoms with E-state index in [0.717, 1.165) is 19.3 Å². The Morgan fingerprint density at radius 3 is 2.57 bits per heavy atom. The Kier molecular flexibility index (Phi) is 8.19. The third-order valence-electron chi connectivity index (χ3n) is 3.07. The van der Waals surface area contributed by atoms with Gasteiger partial charge in [-0.3, -0.25) is 14.6 Å². The summed E-state index contributed by atoms with van der Waals surface area (Å²) in [5.41, 5.74) is 5.14. The largest absolute Gasteiger partial charge is 0.524 e. The van der Waals surface area contributed by atoms with Gasteiger partial charge in [0.15, 0.2) is 0 Å². The molecule has 0 aliphatic rings. The topological polar surface area (TPSA) is 122 Å². The van der Waals surface area contributed by atoms with Gasteiger partial charge in [0.25, 0.3) is 5.91 Å². The third-order valence-corrected chi connectivity index (χ3v) is 3.50. The van der Waals surface area contributed by atoms with Crippen LogP contribution in [0.25, 0.3) is 0 Å². The number of carbonyl (C=O) groups is 1. The van der Waals surface area contributed by atoms with Gasteiger partial charge in [-0.25, -0.2) is 8.96 Å². The zero-order chi connectivity index (χ0) is 17.3. The minimum absolute atomic E-state index is 0.226. The standard InChI is InChI=1S/C14H22FN2O5P/c15-13(14(18)17-10-6-2-1-5-9-16)11-7-3-4-8-12(11)22-23(19,20)21/h3-4,7-8,13H,1-2,5-6,9-10,16H2,(H,17,18)(H2,19,20,21). The average molecular weight is 348 g/mol. The highest BCUT2D eigenvalue weighted by molar-refractivity contribution is 7.46. The van der Waals surface area contributed by atoms with Crippen molar-refractivity contribution in [1.29, 1.82) is 0 Å². The summed E-state index contributed by atoms with van der Waals surface area (Å²) in [6.45, 7) is 0.945. The molecule has 0 radical (unpaired) electrons. The van der Waals surface area contributed by atoms with Crippen LogP contribution in [0.4, 0.5) is 4.39 Å². The van der Waals surface area contributed by atoms with Crippen molar-refractivity contribution in [2.24, 2.45) is 5.73 Å². The van der Waals surface area contributed by atoms with Crippen LogP contribution in [-0.4, -0.2) is 28.8 Å². The number of phosphoric acid groups is 1. The van der Waals surface area contributed by atoms with Gasteiger partial charge in [-0.15, -0.1) is 0 Å². The Labute approximate surface area is 134 Å². The Morgan fingerprint density at radius 1 is 1.26 bits per heavy atom. The molecule has 0 aromatic heterocycles. The summed E-state index contributed by atoms with van der Waals surface area (Å²) in [6.07, 6.45) is 1.38. The Balaban J connectivity index is 2.57. The molecule has 0 aliphatic carbocycles. The molecular weight excluding hydrogens is 326 g/mol. The van der Waals surface area contributed by atoms with Crippen LogP contribution in [0.2, 0.25) is 0 Å². The Bertz CT molecular complexity index is 552. The lowest BCUT2D eigenvalue weighted by molar-refractivity contribution is -0.126. The van der Waals surface area contributed by atoms with Crippen LogP contribution in [0.1, 0.15) is 37.4 Å². The van der Waals surface area contributed by atoms with Gasteiger partial charge in [0, 0.05) is 12.1 Å². The number of phosphoric ester groups is 1. The molecule has 0 fully saturated rings. The molecule has 1 rings (SSSR count). The number of hydrogen-bond donors (Lipinski definition) is 4.